The highest BCUT2D eigenvalue weighted by Crippen LogP contribution is 2.30. The second-order valence-corrected chi connectivity index (χ2v) is 5.93. The number of hydrogen-bond acceptors (Lipinski definition) is 3. The molecule has 1 aliphatic heterocycles. The van der Waals surface area contributed by atoms with E-state index in [1.165, 1.54) is 5.56 Å². The number of benzene rings is 1. The van der Waals surface area contributed by atoms with Crippen LogP contribution in [0.15, 0.2) is 12.1 Å². The lowest BCUT2D eigenvalue weighted by atomic mass is 10.1. The number of fused-ring (bicyclic) bond motifs is 1. The normalized spacial score (nSPS) is 13.2. The minimum atomic E-state index is -0.459. The number of aryl methyl sites for hydroxylation is 1. The van der Waals surface area contributed by atoms with Crippen molar-refractivity contribution in [2.45, 2.75) is 60.2 Å². The van der Waals surface area contributed by atoms with Crippen molar-refractivity contribution in [3.05, 3.63) is 28.8 Å². The van der Waals surface area contributed by atoms with Crippen molar-refractivity contribution in [3.8, 4) is 5.75 Å². The number of carbonyl (C=O) groups excluding carboxylic acids is 1. The summed E-state index contributed by atoms with van der Waals surface area (Å²) in [7, 11) is 1.66. The second kappa shape index (κ2) is 6.83. The summed E-state index contributed by atoms with van der Waals surface area (Å²) in [6.07, 6.45) is -0.264. The molecule has 0 saturated heterocycles. The molecule has 1 aromatic rings. The number of rotatable bonds is 1. The van der Waals surface area contributed by atoms with Gasteiger partial charge in [-0.1, -0.05) is 19.9 Å². The van der Waals surface area contributed by atoms with Crippen LogP contribution in [0, 0.1) is 6.92 Å². The Hall–Kier alpha value is -1.71. The van der Waals surface area contributed by atoms with Gasteiger partial charge in [0.2, 0.25) is 0 Å². The third-order valence-corrected chi connectivity index (χ3v) is 3.09. The van der Waals surface area contributed by atoms with Gasteiger partial charge in [-0.3, -0.25) is 4.90 Å². The predicted octanol–water partition coefficient (Wildman–Crippen LogP) is 4.28. The molecule has 1 aromatic carbocycles. The number of ether oxygens (including phenoxy) is 2. The van der Waals surface area contributed by atoms with Gasteiger partial charge in [0.15, 0.2) is 0 Å². The molecular formula is C17H27NO3. The molecular weight excluding hydrogens is 266 g/mol. The van der Waals surface area contributed by atoms with Gasteiger partial charge in [-0.25, -0.2) is 4.79 Å². The van der Waals surface area contributed by atoms with E-state index in [-0.39, 0.29) is 6.09 Å². The molecule has 0 saturated carbocycles. The van der Waals surface area contributed by atoms with Crippen LogP contribution in [0.5, 0.6) is 5.75 Å². The average Bonchev–Trinajstić information content (AvgIpc) is 2.81. The Balaban J connectivity index is 0.00000106. The van der Waals surface area contributed by atoms with Gasteiger partial charge < -0.3 is 9.47 Å². The molecule has 0 N–H and O–H groups in total. The summed E-state index contributed by atoms with van der Waals surface area (Å²) < 4.78 is 10.7. The Bertz CT molecular complexity index is 503. The highest BCUT2D eigenvalue weighted by molar-refractivity contribution is 5.69. The first-order chi connectivity index (χ1) is 9.80. The van der Waals surface area contributed by atoms with Crippen LogP contribution in [0.2, 0.25) is 0 Å². The van der Waals surface area contributed by atoms with Crippen LogP contribution in [0.1, 0.15) is 51.3 Å². The third kappa shape index (κ3) is 4.38. The number of amides is 1. The summed E-state index contributed by atoms with van der Waals surface area (Å²) in [5.41, 5.74) is 2.93. The maximum atomic E-state index is 12.0. The van der Waals surface area contributed by atoms with E-state index in [4.69, 9.17) is 9.47 Å². The van der Waals surface area contributed by atoms with E-state index in [0.29, 0.717) is 13.1 Å². The third-order valence-electron chi connectivity index (χ3n) is 3.09. The molecule has 1 amide bonds. The van der Waals surface area contributed by atoms with Crippen LogP contribution in [0.4, 0.5) is 4.79 Å². The maximum Gasteiger partial charge on any atom is 0.410 e. The SMILES string of the molecule is CC.COc1cc2c(cc1C)CN(C(=O)OC(C)(C)C)C2. The van der Waals surface area contributed by atoms with E-state index in [0.717, 1.165) is 16.9 Å². The Kier molecular flexibility index (Phi) is 5.64. The molecule has 1 aliphatic rings. The lowest BCUT2D eigenvalue weighted by molar-refractivity contribution is 0.0242. The fourth-order valence-corrected chi connectivity index (χ4v) is 2.23. The highest BCUT2D eigenvalue weighted by atomic mass is 16.6. The van der Waals surface area contributed by atoms with Crippen molar-refractivity contribution in [1.82, 2.24) is 4.90 Å². The minimum absolute atomic E-state index is 0.264. The van der Waals surface area contributed by atoms with Crippen molar-refractivity contribution in [3.63, 3.8) is 0 Å². The van der Waals surface area contributed by atoms with Crippen LogP contribution in [0.3, 0.4) is 0 Å². The lowest BCUT2D eigenvalue weighted by Crippen LogP contribution is -2.33. The molecule has 0 radical (unpaired) electrons. The predicted molar refractivity (Wildman–Crippen MR) is 84.6 cm³/mol. The molecule has 1 heterocycles. The van der Waals surface area contributed by atoms with Gasteiger partial charge in [-0.15, -0.1) is 0 Å². The fourth-order valence-electron chi connectivity index (χ4n) is 2.23. The largest absolute Gasteiger partial charge is 0.496 e. The summed E-state index contributed by atoms with van der Waals surface area (Å²) in [5, 5.41) is 0. The molecule has 0 spiro atoms. The lowest BCUT2D eigenvalue weighted by Gasteiger charge is -2.24. The Labute approximate surface area is 128 Å². The van der Waals surface area contributed by atoms with Gasteiger partial charge in [-0.05, 0) is 50.5 Å². The van der Waals surface area contributed by atoms with E-state index in [1.54, 1.807) is 12.0 Å². The summed E-state index contributed by atoms with van der Waals surface area (Å²) in [6.45, 7) is 12.8. The van der Waals surface area contributed by atoms with E-state index in [1.807, 2.05) is 47.6 Å². The first-order valence-corrected chi connectivity index (χ1v) is 7.44. The van der Waals surface area contributed by atoms with Gasteiger partial charge in [0, 0.05) is 13.1 Å². The molecule has 2 rings (SSSR count). The first-order valence-electron chi connectivity index (χ1n) is 7.44. The summed E-state index contributed by atoms with van der Waals surface area (Å²) in [4.78, 5) is 13.8. The molecule has 0 unspecified atom stereocenters. The minimum Gasteiger partial charge on any atom is -0.496 e. The molecule has 4 heteroatoms. The van der Waals surface area contributed by atoms with Crippen molar-refractivity contribution >= 4 is 6.09 Å². The van der Waals surface area contributed by atoms with Crippen LogP contribution in [0.25, 0.3) is 0 Å². The maximum absolute atomic E-state index is 12.0. The molecule has 0 bridgehead atoms. The smallest absolute Gasteiger partial charge is 0.410 e. The summed E-state index contributed by atoms with van der Waals surface area (Å²) >= 11 is 0. The zero-order valence-corrected chi connectivity index (χ0v) is 14.2. The average molecular weight is 293 g/mol. The van der Waals surface area contributed by atoms with Gasteiger partial charge >= 0.3 is 6.09 Å². The van der Waals surface area contributed by atoms with Crippen LogP contribution >= 0.6 is 0 Å². The molecule has 0 atom stereocenters. The van der Waals surface area contributed by atoms with Gasteiger partial charge in [0.05, 0.1) is 7.11 Å². The van der Waals surface area contributed by atoms with Crippen LogP contribution < -0.4 is 4.74 Å². The topological polar surface area (TPSA) is 38.8 Å². The van der Waals surface area contributed by atoms with Gasteiger partial charge in [0.25, 0.3) is 0 Å². The molecule has 118 valence electrons. The van der Waals surface area contributed by atoms with Crippen molar-refractivity contribution in [2.75, 3.05) is 7.11 Å². The number of carbonyl (C=O) groups is 1. The number of nitrogens with zero attached hydrogens (tertiary/aromatic N) is 1. The molecule has 21 heavy (non-hydrogen) atoms. The number of methoxy groups -OCH3 is 1. The Morgan fingerprint density at radius 2 is 1.67 bits per heavy atom. The van der Waals surface area contributed by atoms with Crippen molar-refractivity contribution in [1.29, 1.82) is 0 Å². The van der Waals surface area contributed by atoms with E-state index >= 15 is 0 Å². The Morgan fingerprint density at radius 3 is 2.14 bits per heavy atom. The molecule has 0 aromatic heterocycles. The summed E-state index contributed by atoms with van der Waals surface area (Å²) in [6, 6.07) is 4.09. The first kappa shape index (κ1) is 17.3. The van der Waals surface area contributed by atoms with E-state index in [2.05, 4.69) is 6.07 Å². The Morgan fingerprint density at radius 1 is 1.14 bits per heavy atom. The molecule has 4 nitrogen and oxygen atoms in total. The van der Waals surface area contributed by atoms with Crippen LogP contribution in [-0.4, -0.2) is 23.7 Å². The number of hydrogen-bond donors (Lipinski definition) is 0. The zero-order valence-electron chi connectivity index (χ0n) is 14.2. The van der Waals surface area contributed by atoms with Gasteiger partial charge in [0.1, 0.15) is 11.4 Å². The quantitative estimate of drug-likeness (QED) is 0.775. The van der Waals surface area contributed by atoms with E-state index in [9.17, 15) is 4.79 Å². The van der Waals surface area contributed by atoms with Gasteiger partial charge in [-0.2, -0.15) is 0 Å². The summed E-state index contributed by atoms with van der Waals surface area (Å²) in [5.74, 6) is 0.866. The monoisotopic (exact) mass is 293 g/mol. The zero-order chi connectivity index (χ0) is 16.2. The second-order valence-electron chi connectivity index (χ2n) is 5.93. The highest BCUT2D eigenvalue weighted by Gasteiger charge is 2.28. The van der Waals surface area contributed by atoms with Crippen molar-refractivity contribution in [2.24, 2.45) is 0 Å². The standard InChI is InChI=1S/C15H21NO3.C2H6/c1-10-6-11-8-16(14(17)19-15(2,3)4)9-12(11)7-13(10)18-5;1-2/h6-7H,8-9H2,1-5H3;1-2H3. The fraction of sp³-hybridized carbons (Fsp3) is 0.588. The molecule has 0 fully saturated rings. The molecule has 0 aliphatic carbocycles. The van der Waals surface area contributed by atoms with E-state index < -0.39 is 5.60 Å². The van der Waals surface area contributed by atoms with Crippen LogP contribution in [-0.2, 0) is 17.8 Å². The van der Waals surface area contributed by atoms with Crippen molar-refractivity contribution < 1.29 is 14.3 Å².